The van der Waals surface area contributed by atoms with Gasteiger partial charge in [-0.05, 0) is 50.5 Å². The Labute approximate surface area is 109 Å². The lowest BCUT2D eigenvalue weighted by Crippen LogP contribution is -2.53. The van der Waals surface area contributed by atoms with Gasteiger partial charge in [0.1, 0.15) is 0 Å². The summed E-state index contributed by atoms with van der Waals surface area (Å²) in [4.78, 5) is 13.1. The molecule has 1 heterocycles. The number of carbonyl (C=O) groups excluding carboxylic acids is 1. The van der Waals surface area contributed by atoms with E-state index >= 15 is 0 Å². The summed E-state index contributed by atoms with van der Waals surface area (Å²) >= 11 is 0. The van der Waals surface area contributed by atoms with Gasteiger partial charge in [-0.1, -0.05) is 0 Å². The Kier molecular flexibility index (Phi) is 4.83. The molecule has 5 nitrogen and oxygen atoms in total. The van der Waals surface area contributed by atoms with Crippen molar-refractivity contribution in [2.24, 2.45) is 17.6 Å². The van der Waals surface area contributed by atoms with E-state index < -0.39 is 0 Å². The van der Waals surface area contributed by atoms with Gasteiger partial charge in [-0.3, -0.25) is 0 Å². The molecule has 0 radical (unpaired) electrons. The fourth-order valence-corrected chi connectivity index (χ4v) is 2.78. The molecule has 0 aromatic rings. The van der Waals surface area contributed by atoms with Crippen molar-refractivity contribution in [1.29, 1.82) is 0 Å². The molecule has 2 atom stereocenters. The number of piperidine rings is 1. The fraction of sp³-hybridized carbons (Fsp3) is 0.923. The van der Waals surface area contributed by atoms with E-state index in [0.29, 0.717) is 12.0 Å². The Balaban J connectivity index is 1.81. The molecule has 18 heavy (non-hydrogen) atoms. The molecule has 5 heteroatoms. The Morgan fingerprint density at radius 1 is 1.33 bits per heavy atom. The van der Waals surface area contributed by atoms with Crippen LogP contribution in [-0.2, 0) is 0 Å². The standard InChI is InChI=1S/C13H25N3O2/c14-13(18)16-8-11(2-1-5-17)6-12(9-16)15-7-10-3-4-10/h10-12,15,17H,1-9H2,(H2,14,18). The zero-order valence-corrected chi connectivity index (χ0v) is 11.0. The summed E-state index contributed by atoms with van der Waals surface area (Å²) in [5.41, 5.74) is 5.40. The summed E-state index contributed by atoms with van der Waals surface area (Å²) in [6.45, 7) is 2.78. The van der Waals surface area contributed by atoms with Crippen LogP contribution in [0.1, 0.15) is 32.1 Å². The highest BCUT2D eigenvalue weighted by atomic mass is 16.2. The van der Waals surface area contributed by atoms with Crippen molar-refractivity contribution in [3.8, 4) is 0 Å². The van der Waals surface area contributed by atoms with Crippen LogP contribution in [0.2, 0.25) is 0 Å². The number of nitrogens with zero attached hydrogens (tertiary/aromatic N) is 1. The smallest absolute Gasteiger partial charge is 0.314 e. The van der Waals surface area contributed by atoms with Crippen molar-refractivity contribution in [2.45, 2.75) is 38.1 Å². The van der Waals surface area contributed by atoms with Crippen LogP contribution < -0.4 is 11.1 Å². The summed E-state index contributed by atoms with van der Waals surface area (Å²) in [6.07, 6.45) is 5.56. The molecule has 104 valence electrons. The minimum Gasteiger partial charge on any atom is -0.396 e. The van der Waals surface area contributed by atoms with E-state index in [1.807, 2.05) is 0 Å². The predicted molar refractivity (Wildman–Crippen MR) is 70.1 cm³/mol. The molecule has 1 saturated carbocycles. The highest BCUT2D eigenvalue weighted by Crippen LogP contribution is 2.28. The van der Waals surface area contributed by atoms with E-state index in [2.05, 4.69) is 5.32 Å². The second-order valence-corrected chi connectivity index (χ2v) is 5.76. The van der Waals surface area contributed by atoms with Crippen LogP contribution in [0, 0.1) is 11.8 Å². The third-order valence-electron chi connectivity index (χ3n) is 4.01. The molecule has 2 unspecified atom stereocenters. The molecule has 0 bridgehead atoms. The number of hydrogen-bond acceptors (Lipinski definition) is 3. The molecule has 2 fully saturated rings. The van der Waals surface area contributed by atoms with Gasteiger partial charge in [0.25, 0.3) is 0 Å². The highest BCUT2D eigenvalue weighted by Gasteiger charge is 2.30. The maximum Gasteiger partial charge on any atom is 0.314 e. The molecule has 1 saturated heterocycles. The van der Waals surface area contributed by atoms with Crippen LogP contribution in [0.5, 0.6) is 0 Å². The van der Waals surface area contributed by atoms with Crippen molar-refractivity contribution in [3.05, 3.63) is 0 Å². The van der Waals surface area contributed by atoms with Gasteiger partial charge in [-0.25, -0.2) is 4.79 Å². The minimum absolute atomic E-state index is 0.229. The molecule has 0 aromatic heterocycles. The van der Waals surface area contributed by atoms with Gasteiger partial charge in [0.2, 0.25) is 0 Å². The summed E-state index contributed by atoms with van der Waals surface area (Å²) in [7, 11) is 0. The van der Waals surface area contributed by atoms with Crippen LogP contribution in [0.25, 0.3) is 0 Å². The SMILES string of the molecule is NC(=O)N1CC(CCCO)CC(NCC2CC2)C1. The number of rotatable bonds is 6. The quantitative estimate of drug-likeness (QED) is 0.648. The zero-order chi connectivity index (χ0) is 13.0. The van der Waals surface area contributed by atoms with Crippen molar-refractivity contribution >= 4 is 6.03 Å². The lowest BCUT2D eigenvalue weighted by molar-refractivity contribution is 0.143. The molecular weight excluding hydrogens is 230 g/mol. The first kappa shape index (κ1) is 13.6. The van der Waals surface area contributed by atoms with Gasteiger partial charge in [0, 0.05) is 25.7 Å². The number of primary amides is 1. The van der Waals surface area contributed by atoms with Gasteiger partial charge >= 0.3 is 6.03 Å². The van der Waals surface area contributed by atoms with Crippen LogP contribution in [-0.4, -0.2) is 48.3 Å². The lowest BCUT2D eigenvalue weighted by atomic mass is 9.90. The number of aliphatic hydroxyl groups excluding tert-OH is 1. The normalized spacial score (nSPS) is 28.4. The number of amides is 2. The zero-order valence-electron chi connectivity index (χ0n) is 11.0. The number of likely N-dealkylation sites (tertiary alicyclic amines) is 1. The second kappa shape index (κ2) is 6.38. The molecule has 1 aliphatic carbocycles. The number of carbonyl (C=O) groups is 1. The number of urea groups is 1. The first-order valence-electron chi connectivity index (χ1n) is 7.07. The fourth-order valence-electron chi connectivity index (χ4n) is 2.78. The van der Waals surface area contributed by atoms with Gasteiger partial charge in [0.15, 0.2) is 0 Å². The minimum atomic E-state index is -0.318. The largest absolute Gasteiger partial charge is 0.396 e. The summed E-state index contributed by atoms with van der Waals surface area (Å²) in [5, 5.41) is 12.5. The van der Waals surface area contributed by atoms with E-state index in [9.17, 15) is 4.79 Å². The van der Waals surface area contributed by atoms with E-state index in [4.69, 9.17) is 10.8 Å². The van der Waals surface area contributed by atoms with Crippen LogP contribution in [0.15, 0.2) is 0 Å². The van der Waals surface area contributed by atoms with Gasteiger partial charge in [0.05, 0.1) is 0 Å². The van der Waals surface area contributed by atoms with Crippen molar-refractivity contribution in [3.63, 3.8) is 0 Å². The number of nitrogens with two attached hydrogens (primary N) is 1. The van der Waals surface area contributed by atoms with E-state index in [1.54, 1.807) is 4.90 Å². The maximum atomic E-state index is 11.3. The Morgan fingerprint density at radius 2 is 2.11 bits per heavy atom. The van der Waals surface area contributed by atoms with E-state index in [-0.39, 0.29) is 12.6 Å². The molecule has 0 aromatic carbocycles. The van der Waals surface area contributed by atoms with Crippen LogP contribution in [0.4, 0.5) is 4.79 Å². The van der Waals surface area contributed by atoms with E-state index in [1.165, 1.54) is 12.8 Å². The van der Waals surface area contributed by atoms with Crippen molar-refractivity contribution in [2.75, 3.05) is 26.2 Å². The Hall–Kier alpha value is -0.810. The van der Waals surface area contributed by atoms with Gasteiger partial charge in [-0.15, -0.1) is 0 Å². The first-order valence-corrected chi connectivity index (χ1v) is 7.07. The van der Waals surface area contributed by atoms with Crippen LogP contribution in [0.3, 0.4) is 0 Å². The predicted octanol–water partition coefficient (Wildman–Crippen LogP) is 0.528. The second-order valence-electron chi connectivity index (χ2n) is 5.76. The molecule has 1 aliphatic heterocycles. The average molecular weight is 255 g/mol. The van der Waals surface area contributed by atoms with Gasteiger partial charge in [-0.2, -0.15) is 0 Å². The lowest BCUT2D eigenvalue weighted by Gasteiger charge is -2.37. The van der Waals surface area contributed by atoms with Gasteiger partial charge < -0.3 is 21.1 Å². The summed E-state index contributed by atoms with van der Waals surface area (Å²) in [6, 6.07) is 0.0532. The number of hydrogen-bond donors (Lipinski definition) is 3. The highest BCUT2D eigenvalue weighted by molar-refractivity contribution is 5.72. The number of aliphatic hydroxyl groups is 1. The monoisotopic (exact) mass is 255 g/mol. The van der Waals surface area contributed by atoms with Crippen molar-refractivity contribution in [1.82, 2.24) is 10.2 Å². The first-order chi connectivity index (χ1) is 8.69. The van der Waals surface area contributed by atoms with Crippen molar-refractivity contribution < 1.29 is 9.90 Å². The Morgan fingerprint density at radius 3 is 2.72 bits per heavy atom. The Bertz CT molecular complexity index is 281. The molecule has 2 amide bonds. The maximum absolute atomic E-state index is 11.3. The molecule has 4 N–H and O–H groups in total. The topological polar surface area (TPSA) is 78.6 Å². The molecule has 2 aliphatic rings. The molecular formula is C13H25N3O2. The average Bonchev–Trinajstić information content (AvgIpc) is 3.17. The third kappa shape index (κ3) is 4.14. The third-order valence-corrected chi connectivity index (χ3v) is 4.01. The molecule has 2 rings (SSSR count). The summed E-state index contributed by atoms with van der Waals surface area (Å²) in [5.74, 6) is 1.32. The molecule has 0 spiro atoms. The number of nitrogens with one attached hydrogen (secondary N) is 1. The van der Waals surface area contributed by atoms with E-state index in [0.717, 1.165) is 44.8 Å². The summed E-state index contributed by atoms with van der Waals surface area (Å²) < 4.78 is 0. The van der Waals surface area contributed by atoms with Crippen LogP contribution >= 0.6 is 0 Å².